The van der Waals surface area contributed by atoms with Crippen molar-refractivity contribution < 1.29 is 75.8 Å². The summed E-state index contributed by atoms with van der Waals surface area (Å²) >= 11 is 0. The third kappa shape index (κ3) is 66.2. The van der Waals surface area contributed by atoms with Gasteiger partial charge < -0.3 is 34.2 Å². The van der Waals surface area contributed by atoms with Gasteiger partial charge in [0.2, 0.25) is 0 Å². The standard InChI is InChI=1S/C73H116O16P2/c1-4-7-10-13-16-19-22-25-28-31-32-33-34-37-39-41-44-47-50-53-56-59-71(76)83-62-68(74)63-85-90(79,80)86-64-69(75)65-87-91(81,82)88-67-70(89-73(78)61-58-55-52-49-46-43-40-36-30-27-24-21-18-15-12-9-6-3)66-84-72(77)60-57-54-51-48-45-42-38-35-29-26-23-20-17-14-11-8-5-2/h8-9,11-12,16-21,25-30,32-33,37-40,42-43,48-49,51-52,68-70,74-75H,4-7,10,13-15,22-24,31,34-36,41,44-47,50,53-67H2,1-3H3,(H,79,80)(H,81,82)/b11-8-,12-9-,19-16-,20-17-,21-18-,28-25-,29-26-,30-27-,33-32-,39-37-,42-38-,43-40-,51-48-,52-49-. The highest BCUT2D eigenvalue weighted by Gasteiger charge is 2.29. The Balaban J connectivity index is 4.82. The minimum atomic E-state index is -4.96. The Morgan fingerprint density at radius 3 is 0.967 bits per heavy atom. The van der Waals surface area contributed by atoms with Crippen molar-refractivity contribution in [3.05, 3.63) is 170 Å². The molecule has 91 heavy (non-hydrogen) atoms. The van der Waals surface area contributed by atoms with Gasteiger partial charge in [-0.1, -0.05) is 223 Å². The van der Waals surface area contributed by atoms with Crippen molar-refractivity contribution in [1.29, 1.82) is 0 Å². The van der Waals surface area contributed by atoms with Crippen molar-refractivity contribution in [2.75, 3.05) is 39.6 Å². The molecule has 0 saturated carbocycles. The lowest BCUT2D eigenvalue weighted by atomic mass is 10.1. The predicted octanol–water partition coefficient (Wildman–Crippen LogP) is 18.5. The highest BCUT2D eigenvalue weighted by atomic mass is 31.2. The third-order valence-corrected chi connectivity index (χ3v) is 14.8. The highest BCUT2D eigenvalue weighted by Crippen LogP contribution is 2.45. The molecule has 0 aliphatic carbocycles. The highest BCUT2D eigenvalue weighted by molar-refractivity contribution is 7.47. The third-order valence-electron chi connectivity index (χ3n) is 12.9. The summed E-state index contributed by atoms with van der Waals surface area (Å²) in [6, 6.07) is 0. The molecule has 0 aromatic rings. The predicted molar refractivity (Wildman–Crippen MR) is 371 cm³/mol. The van der Waals surface area contributed by atoms with E-state index in [-0.39, 0.29) is 19.3 Å². The maximum atomic E-state index is 12.9. The first-order valence-corrected chi connectivity index (χ1v) is 36.4. The largest absolute Gasteiger partial charge is 0.472 e. The fourth-order valence-electron chi connectivity index (χ4n) is 7.86. The van der Waals surface area contributed by atoms with E-state index in [1.165, 1.54) is 25.7 Å². The van der Waals surface area contributed by atoms with Crippen LogP contribution in [0.25, 0.3) is 0 Å². The Morgan fingerprint density at radius 2 is 0.593 bits per heavy atom. The number of hydrogen-bond donors (Lipinski definition) is 4. The Hall–Kier alpha value is -5.09. The molecule has 0 fully saturated rings. The molecule has 0 saturated heterocycles. The molecular weight excluding hydrogens is 1190 g/mol. The van der Waals surface area contributed by atoms with E-state index in [0.717, 1.165) is 116 Å². The smallest absolute Gasteiger partial charge is 0.463 e. The van der Waals surface area contributed by atoms with E-state index < -0.39 is 91.5 Å². The van der Waals surface area contributed by atoms with E-state index in [1.807, 2.05) is 24.3 Å². The minimum absolute atomic E-state index is 0.00592. The zero-order chi connectivity index (χ0) is 66.7. The van der Waals surface area contributed by atoms with Gasteiger partial charge in [-0.2, -0.15) is 0 Å². The summed E-state index contributed by atoms with van der Waals surface area (Å²) in [4.78, 5) is 58.3. The summed E-state index contributed by atoms with van der Waals surface area (Å²) in [5.41, 5.74) is 0. The quantitative estimate of drug-likeness (QED) is 0.0146. The Kier molecular flexibility index (Phi) is 61.4. The second-order valence-corrected chi connectivity index (χ2v) is 24.4. The normalized spacial score (nSPS) is 15.3. The number of phosphoric acid groups is 2. The molecule has 0 aromatic carbocycles. The van der Waals surface area contributed by atoms with Crippen LogP contribution in [-0.2, 0) is 55.8 Å². The van der Waals surface area contributed by atoms with Crippen LogP contribution in [0.3, 0.4) is 0 Å². The van der Waals surface area contributed by atoms with E-state index in [1.54, 1.807) is 0 Å². The molecule has 0 heterocycles. The van der Waals surface area contributed by atoms with Crippen LogP contribution >= 0.6 is 15.6 Å². The summed E-state index contributed by atoms with van der Waals surface area (Å²) in [5.74, 6) is -1.75. The molecule has 0 aliphatic rings. The Morgan fingerprint density at radius 1 is 0.319 bits per heavy atom. The van der Waals surface area contributed by atoms with Gasteiger partial charge in [0.25, 0.3) is 0 Å². The maximum absolute atomic E-state index is 12.9. The summed E-state index contributed by atoms with van der Waals surface area (Å²) in [7, 11) is -9.83. The number of aliphatic hydroxyl groups is 2. The molecule has 16 nitrogen and oxygen atoms in total. The average molecular weight is 1310 g/mol. The van der Waals surface area contributed by atoms with Gasteiger partial charge >= 0.3 is 33.6 Å². The van der Waals surface area contributed by atoms with Crippen molar-refractivity contribution >= 4 is 33.6 Å². The minimum Gasteiger partial charge on any atom is -0.463 e. The lowest BCUT2D eigenvalue weighted by molar-refractivity contribution is -0.161. The lowest BCUT2D eigenvalue weighted by Crippen LogP contribution is -2.30. The Bertz CT molecular complexity index is 2340. The molecule has 0 rings (SSSR count). The molecule has 0 bridgehead atoms. The fraction of sp³-hybridized carbons (Fsp3) is 0.575. The number of carbonyl (C=O) groups excluding carboxylic acids is 3. The zero-order valence-corrected chi connectivity index (χ0v) is 57.2. The van der Waals surface area contributed by atoms with Crippen molar-refractivity contribution in [3.63, 3.8) is 0 Å². The first-order valence-electron chi connectivity index (χ1n) is 33.4. The van der Waals surface area contributed by atoms with Crippen LogP contribution in [-0.4, -0.2) is 95.9 Å². The molecule has 0 aliphatic heterocycles. The van der Waals surface area contributed by atoms with Crippen molar-refractivity contribution in [2.24, 2.45) is 0 Å². The van der Waals surface area contributed by atoms with Crippen molar-refractivity contribution in [2.45, 2.75) is 232 Å². The van der Waals surface area contributed by atoms with Gasteiger partial charge in [0.15, 0.2) is 6.10 Å². The van der Waals surface area contributed by atoms with Gasteiger partial charge in [0, 0.05) is 19.3 Å². The number of ether oxygens (including phenoxy) is 3. The summed E-state index contributed by atoms with van der Waals surface area (Å²) in [5, 5.41) is 20.5. The van der Waals surface area contributed by atoms with E-state index in [9.17, 15) is 43.5 Å². The molecule has 5 atom stereocenters. The first kappa shape index (κ1) is 85.9. The number of unbranched alkanes of at least 4 members (excludes halogenated alkanes) is 10. The van der Waals surface area contributed by atoms with Crippen LogP contribution in [0.4, 0.5) is 0 Å². The molecule has 5 unspecified atom stereocenters. The molecule has 0 aromatic heterocycles. The lowest BCUT2D eigenvalue weighted by Gasteiger charge is -2.21. The Labute approximate surface area is 548 Å². The number of rotatable bonds is 61. The van der Waals surface area contributed by atoms with Gasteiger partial charge in [0.1, 0.15) is 25.4 Å². The van der Waals surface area contributed by atoms with Crippen molar-refractivity contribution in [3.8, 4) is 0 Å². The number of allylic oxidation sites excluding steroid dienone is 28. The van der Waals surface area contributed by atoms with Crippen LogP contribution in [0.1, 0.15) is 213 Å². The maximum Gasteiger partial charge on any atom is 0.472 e. The van der Waals surface area contributed by atoms with Crippen LogP contribution in [0.5, 0.6) is 0 Å². The summed E-state index contributed by atoms with van der Waals surface area (Å²) in [6.45, 7) is 2.20. The molecule has 514 valence electrons. The van der Waals surface area contributed by atoms with E-state index in [4.69, 9.17) is 32.3 Å². The fourth-order valence-corrected chi connectivity index (χ4v) is 9.44. The second kappa shape index (κ2) is 65.0. The SMILES string of the molecule is CC/C=C\C/C=C\C/C=C\C/C=C\C/C=C\CCCC(=O)OCC(COP(=O)(O)OCC(O)COP(=O)(O)OCC(O)COC(=O)CCCCCCC/C=C\C/C=C\C/C=C\C/C=C\CCCCC)OC(=O)CCC/C=C\C/C=C\C/C=C\C/C=C\C/C=C\CC. The van der Waals surface area contributed by atoms with Crippen molar-refractivity contribution in [1.82, 2.24) is 0 Å². The number of aliphatic hydroxyl groups excluding tert-OH is 2. The molecule has 0 radical (unpaired) electrons. The number of hydrogen-bond acceptors (Lipinski definition) is 14. The van der Waals surface area contributed by atoms with E-state index in [0.29, 0.717) is 32.1 Å². The van der Waals surface area contributed by atoms with Gasteiger partial charge in [-0.15, -0.1) is 0 Å². The summed E-state index contributed by atoms with van der Waals surface area (Å²) in [6.07, 6.45) is 80.0. The van der Waals surface area contributed by atoms with Crippen LogP contribution in [0.2, 0.25) is 0 Å². The number of phosphoric ester groups is 2. The first-order chi connectivity index (χ1) is 44.2. The molecule has 4 N–H and O–H groups in total. The molecular formula is C73H116O16P2. The molecule has 0 amide bonds. The van der Waals surface area contributed by atoms with Gasteiger partial charge in [-0.25, -0.2) is 9.13 Å². The topological polar surface area (TPSA) is 231 Å². The van der Waals surface area contributed by atoms with Gasteiger partial charge in [0.05, 0.1) is 26.4 Å². The van der Waals surface area contributed by atoms with E-state index in [2.05, 4.69) is 167 Å². The number of esters is 3. The van der Waals surface area contributed by atoms with Gasteiger partial charge in [-0.05, 0) is 141 Å². The monoisotopic (exact) mass is 1310 g/mol. The zero-order valence-electron chi connectivity index (χ0n) is 55.4. The van der Waals surface area contributed by atoms with Gasteiger partial charge in [-0.3, -0.25) is 32.5 Å². The molecule has 18 heteroatoms. The van der Waals surface area contributed by atoms with Crippen LogP contribution in [0.15, 0.2) is 170 Å². The second-order valence-electron chi connectivity index (χ2n) is 21.5. The van der Waals surface area contributed by atoms with E-state index >= 15 is 0 Å². The number of carbonyl (C=O) groups is 3. The van der Waals surface area contributed by atoms with Crippen LogP contribution in [0, 0.1) is 0 Å². The average Bonchev–Trinajstić information content (AvgIpc) is 3.02. The van der Waals surface area contributed by atoms with Crippen LogP contribution < -0.4 is 0 Å². The molecule has 0 spiro atoms. The summed E-state index contributed by atoms with van der Waals surface area (Å²) < 4.78 is 60.7.